The van der Waals surface area contributed by atoms with Crippen LogP contribution in [0.4, 0.5) is 5.69 Å². The van der Waals surface area contributed by atoms with Gasteiger partial charge in [0.25, 0.3) is 0 Å². The Kier molecular flexibility index (Phi) is 3.93. The summed E-state index contributed by atoms with van der Waals surface area (Å²) in [6.07, 6.45) is 7.78. The molecule has 0 saturated heterocycles. The Morgan fingerprint density at radius 3 is 2.12 bits per heavy atom. The number of methoxy groups -OCH3 is 1. The molecule has 4 aliphatic rings. The third kappa shape index (κ3) is 2.99. The summed E-state index contributed by atoms with van der Waals surface area (Å²) in [6, 6.07) is 7.49. The molecule has 4 saturated carbocycles. The van der Waals surface area contributed by atoms with Gasteiger partial charge in [-0.15, -0.1) is 0 Å². The fourth-order valence-electron chi connectivity index (χ4n) is 5.64. The van der Waals surface area contributed by atoms with Gasteiger partial charge in [0.05, 0.1) is 7.11 Å². The van der Waals surface area contributed by atoms with Gasteiger partial charge in [-0.2, -0.15) is 0 Å². The van der Waals surface area contributed by atoms with Crippen LogP contribution in [0.1, 0.15) is 45.4 Å². The average molecular weight is 328 g/mol. The van der Waals surface area contributed by atoms with Gasteiger partial charge in [-0.25, -0.2) is 0 Å². The Morgan fingerprint density at radius 1 is 1.08 bits per heavy atom. The SMILES string of the molecule is COc1ccc(N[C@H](C)C(=O)NC23CC4CC(CC(C4)C2)C3)cc1. The van der Waals surface area contributed by atoms with Crippen molar-refractivity contribution in [3.8, 4) is 5.75 Å². The van der Waals surface area contributed by atoms with Gasteiger partial charge in [0.1, 0.15) is 11.8 Å². The van der Waals surface area contributed by atoms with Crippen molar-refractivity contribution >= 4 is 11.6 Å². The van der Waals surface area contributed by atoms with E-state index in [-0.39, 0.29) is 17.5 Å². The third-order valence-corrected chi connectivity index (χ3v) is 6.29. The standard InChI is InChI=1S/C20H28N2O2/c1-13(21-17-3-5-18(24-2)6-4-17)19(23)22-20-10-14-7-15(11-20)9-16(8-14)12-20/h3-6,13-16,21H,7-12H2,1-2H3,(H,22,23)/t13-,14?,15?,16?,20?/m1/s1. The lowest BCUT2D eigenvalue weighted by atomic mass is 9.53. The van der Waals surface area contributed by atoms with Crippen molar-refractivity contribution in [3.05, 3.63) is 24.3 Å². The van der Waals surface area contributed by atoms with E-state index >= 15 is 0 Å². The number of ether oxygens (including phenoxy) is 1. The van der Waals surface area contributed by atoms with Crippen LogP contribution < -0.4 is 15.4 Å². The second-order valence-corrected chi connectivity index (χ2v) is 8.28. The fraction of sp³-hybridized carbons (Fsp3) is 0.650. The highest BCUT2D eigenvalue weighted by Gasteiger charge is 2.51. The van der Waals surface area contributed by atoms with Crippen LogP contribution in [-0.4, -0.2) is 24.6 Å². The molecule has 0 heterocycles. The Balaban J connectivity index is 1.38. The van der Waals surface area contributed by atoms with E-state index in [9.17, 15) is 4.79 Å². The number of nitrogens with one attached hydrogen (secondary N) is 2. The first-order chi connectivity index (χ1) is 11.5. The van der Waals surface area contributed by atoms with Crippen LogP contribution in [0.25, 0.3) is 0 Å². The van der Waals surface area contributed by atoms with Gasteiger partial charge in [0, 0.05) is 11.2 Å². The van der Waals surface area contributed by atoms with E-state index in [1.54, 1.807) is 7.11 Å². The molecule has 1 aromatic carbocycles. The Bertz CT molecular complexity index is 575. The van der Waals surface area contributed by atoms with Gasteiger partial charge in [-0.3, -0.25) is 4.79 Å². The van der Waals surface area contributed by atoms with Gasteiger partial charge in [-0.1, -0.05) is 0 Å². The second kappa shape index (κ2) is 5.98. The Labute approximate surface area is 144 Å². The zero-order valence-electron chi connectivity index (χ0n) is 14.7. The molecule has 130 valence electrons. The number of rotatable bonds is 5. The number of hydrogen-bond donors (Lipinski definition) is 2. The molecule has 5 rings (SSSR count). The molecule has 1 aromatic rings. The molecule has 4 nitrogen and oxygen atoms in total. The van der Waals surface area contributed by atoms with Crippen molar-refractivity contribution in [2.24, 2.45) is 17.8 Å². The molecular formula is C20H28N2O2. The van der Waals surface area contributed by atoms with E-state index in [0.717, 1.165) is 29.2 Å². The van der Waals surface area contributed by atoms with E-state index in [2.05, 4.69) is 10.6 Å². The topological polar surface area (TPSA) is 50.4 Å². The lowest BCUT2D eigenvalue weighted by Crippen LogP contribution is -2.61. The highest BCUT2D eigenvalue weighted by molar-refractivity contribution is 5.85. The first kappa shape index (κ1) is 15.8. The summed E-state index contributed by atoms with van der Waals surface area (Å²) in [7, 11) is 1.66. The smallest absolute Gasteiger partial charge is 0.242 e. The molecule has 24 heavy (non-hydrogen) atoms. The molecule has 4 heteroatoms. The summed E-state index contributed by atoms with van der Waals surface area (Å²) in [6.45, 7) is 1.94. The first-order valence-corrected chi connectivity index (χ1v) is 9.28. The molecule has 0 radical (unpaired) electrons. The van der Waals surface area contributed by atoms with E-state index in [0.29, 0.717) is 0 Å². The first-order valence-electron chi connectivity index (χ1n) is 9.28. The largest absolute Gasteiger partial charge is 0.497 e. The van der Waals surface area contributed by atoms with Gasteiger partial charge in [0.2, 0.25) is 5.91 Å². The Morgan fingerprint density at radius 2 is 1.62 bits per heavy atom. The minimum absolute atomic E-state index is 0.0850. The molecule has 2 N–H and O–H groups in total. The molecule has 4 fully saturated rings. The molecule has 0 spiro atoms. The lowest BCUT2D eigenvalue weighted by Gasteiger charge is -2.57. The highest BCUT2D eigenvalue weighted by Crippen LogP contribution is 2.55. The molecule has 0 unspecified atom stereocenters. The quantitative estimate of drug-likeness (QED) is 0.868. The summed E-state index contributed by atoms with van der Waals surface area (Å²) in [5.74, 6) is 3.50. The fourth-order valence-corrected chi connectivity index (χ4v) is 5.64. The van der Waals surface area contributed by atoms with Crippen LogP contribution >= 0.6 is 0 Å². The predicted octanol–water partition coefficient (Wildman–Crippen LogP) is 3.58. The zero-order valence-corrected chi connectivity index (χ0v) is 14.7. The van der Waals surface area contributed by atoms with Crippen molar-refractivity contribution in [2.45, 2.75) is 57.0 Å². The maximum absolute atomic E-state index is 12.8. The molecule has 4 bridgehead atoms. The van der Waals surface area contributed by atoms with Crippen LogP contribution in [0.3, 0.4) is 0 Å². The van der Waals surface area contributed by atoms with Crippen LogP contribution in [0, 0.1) is 17.8 Å². The Hall–Kier alpha value is -1.71. The molecule has 1 atom stereocenters. The highest BCUT2D eigenvalue weighted by atomic mass is 16.5. The lowest BCUT2D eigenvalue weighted by molar-refractivity contribution is -0.127. The van der Waals surface area contributed by atoms with Crippen molar-refractivity contribution in [3.63, 3.8) is 0 Å². The minimum Gasteiger partial charge on any atom is -0.497 e. The maximum Gasteiger partial charge on any atom is 0.242 e. The van der Waals surface area contributed by atoms with Gasteiger partial charge in [-0.05, 0) is 87.5 Å². The van der Waals surface area contributed by atoms with Gasteiger partial charge in [0.15, 0.2) is 0 Å². The van der Waals surface area contributed by atoms with Crippen LogP contribution in [-0.2, 0) is 4.79 Å². The van der Waals surface area contributed by atoms with E-state index in [4.69, 9.17) is 4.74 Å². The second-order valence-electron chi connectivity index (χ2n) is 8.28. The number of benzene rings is 1. The maximum atomic E-state index is 12.8. The van der Waals surface area contributed by atoms with Crippen LogP contribution in [0.2, 0.25) is 0 Å². The summed E-state index contributed by atoms with van der Waals surface area (Å²) in [5, 5.41) is 6.75. The van der Waals surface area contributed by atoms with Crippen molar-refractivity contribution in [1.82, 2.24) is 5.32 Å². The molecular weight excluding hydrogens is 300 g/mol. The molecule has 0 aromatic heterocycles. The summed E-state index contributed by atoms with van der Waals surface area (Å²) < 4.78 is 5.17. The van der Waals surface area contributed by atoms with Crippen LogP contribution in [0.15, 0.2) is 24.3 Å². The molecule has 1 amide bonds. The number of carbonyl (C=O) groups excluding carboxylic acids is 1. The van der Waals surface area contributed by atoms with Crippen molar-refractivity contribution < 1.29 is 9.53 Å². The van der Waals surface area contributed by atoms with Crippen molar-refractivity contribution in [1.29, 1.82) is 0 Å². The van der Waals surface area contributed by atoms with E-state index < -0.39 is 0 Å². The zero-order chi connectivity index (χ0) is 16.7. The van der Waals surface area contributed by atoms with Gasteiger partial charge >= 0.3 is 0 Å². The number of hydrogen-bond acceptors (Lipinski definition) is 3. The predicted molar refractivity (Wildman–Crippen MR) is 95.1 cm³/mol. The summed E-state index contributed by atoms with van der Waals surface area (Å²) >= 11 is 0. The normalized spacial score (nSPS) is 34.7. The number of amides is 1. The van der Waals surface area contributed by atoms with E-state index in [1.807, 2.05) is 31.2 Å². The van der Waals surface area contributed by atoms with Crippen molar-refractivity contribution in [2.75, 3.05) is 12.4 Å². The summed E-state index contributed by atoms with van der Waals surface area (Å²) in [5.41, 5.74) is 1.03. The average Bonchev–Trinajstić information content (AvgIpc) is 2.53. The number of carbonyl (C=O) groups is 1. The monoisotopic (exact) mass is 328 g/mol. The molecule has 0 aliphatic heterocycles. The van der Waals surface area contributed by atoms with Crippen LogP contribution in [0.5, 0.6) is 5.75 Å². The van der Waals surface area contributed by atoms with E-state index in [1.165, 1.54) is 38.5 Å². The minimum atomic E-state index is -0.230. The van der Waals surface area contributed by atoms with Gasteiger partial charge < -0.3 is 15.4 Å². The third-order valence-electron chi connectivity index (χ3n) is 6.29. The number of anilines is 1. The molecule has 4 aliphatic carbocycles. The summed E-state index contributed by atoms with van der Waals surface area (Å²) in [4.78, 5) is 12.8.